The number of sulfonamides is 1. The van der Waals surface area contributed by atoms with Gasteiger partial charge >= 0.3 is 0 Å². The highest BCUT2D eigenvalue weighted by Crippen LogP contribution is 2.39. The van der Waals surface area contributed by atoms with Crippen molar-refractivity contribution < 1.29 is 18.0 Å². The Morgan fingerprint density at radius 1 is 1.23 bits per heavy atom. The van der Waals surface area contributed by atoms with Crippen LogP contribution in [0.1, 0.15) is 31.7 Å². The number of carbonyl (C=O) groups is 2. The van der Waals surface area contributed by atoms with Crippen LogP contribution in [-0.2, 0) is 26.0 Å². The Bertz CT molecular complexity index is 1070. The van der Waals surface area contributed by atoms with Crippen LogP contribution < -0.4 is 14.9 Å². The predicted octanol–water partition coefficient (Wildman–Crippen LogP) is 2.08. The summed E-state index contributed by atoms with van der Waals surface area (Å²) in [4.78, 5) is 30.4. The molecular weight excluding hydrogens is 404 g/mol. The molecule has 4 rings (SSSR count). The molecule has 0 bridgehead atoms. The SMILES string of the molecule is CC1Cc2cc(S(=O)(=O)NCCC(=O)Nc3cccnc3)ccc2N1C(=O)C1CC1. The molecule has 0 spiro atoms. The third-order valence-corrected chi connectivity index (χ3v) is 6.79. The molecule has 158 valence electrons. The summed E-state index contributed by atoms with van der Waals surface area (Å²) in [6.45, 7) is 1.96. The molecule has 2 N–H and O–H groups in total. The summed E-state index contributed by atoms with van der Waals surface area (Å²) >= 11 is 0. The van der Waals surface area contributed by atoms with Gasteiger partial charge < -0.3 is 10.2 Å². The summed E-state index contributed by atoms with van der Waals surface area (Å²) in [5.41, 5.74) is 2.21. The maximum absolute atomic E-state index is 12.7. The van der Waals surface area contributed by atoms with E-state index in [-0.39, 0.29) is 41.6 Å². The van der Waals surface area contributed by atoms with E-state index in [1.165, 1.54) is 12.3 Å². The van der Waals surface area contributed by atoms with E-state index < -0.39 is 10.0 Å². The van der Waals surface area contributed by atoms with E-state index in [0.29, 0.717) is 12.1 Å². The molecule has 8 nitrogen and oxygen atoms in total. The van der Waals surface area contributed by atoms with Gasteiger partial charge in [-0.15, -0.1) is 0 Å². The van der Waals surface area contributed by atoms with Gasteiger partial charge in [-0.1, -0.05) is 0 Å². The molecule has 1 atom stereocenters. The fourth-order valence-electron chi connectivity index (χ4n) is 3.68. The number of fused-ring (bicyclic) bond motifs is 1. The largest absolute Gasteiger partial charge is 0.325 e. The monoisotopic (exact) mass is 428 g/mol. The van der Waals surface area contributed by atoms with Crippen molar-refractivity contribution in [3.05, 3.63) is 48.3 Å². The zero-order chi connectivity index (χ0) is 21.3. The van der Waals surface area contributed by atoms with Gasteiger partial charge in [-0.25, -0.2) is 13.1 Å². The van der Waals surface area contributed by atoms with Crippen LogP contribution in [0.3, 0.4) is 0 Å². The number of pyridine rings is 1. The second kappa shape index (κ2) is 8.16. The highest BCUT2D eigenvalue weighted by Gasteiger charge is 2.39. The third-order valence-electron chi connectivity index (χ3n) is 5.33. The van der Waals surface area contributed by atoms with E-state index in [0.717, 1.165) is 24.1 Å². The van der Waals surface area contributed by atoms with E-state index in [4.69, 9.17) is 0 Å². The number of amides is 2. The van der Waals surface area contributed by atoms with E-state index >= 15 is 0 Å². The maximum atomic E-state index is 12.7. The van der Waals surface area contributed by atoms with Gasteiger partial charge in [0.2, 0.25) is 21.8 Å². The summed E-state index contributed by atoms with van der Waals surface area (Å²) in [5, 5.41) is 2.66. The lowest BCUT2D eigenvalue weighted by molar-refractivity contribution is -0.120. The second-order valence-corrected chi connectivity index (χ2v) is 9.53. The van der Waals surface area contributed by atoms with Crippen LogP contribution in [0, 0.1) is 5.92 Å². The average molecular weight is 429 g/mol. The Kier molecular flexibility index (Phi) is 5.57. The van der Waals surface area contributed by atoms with Crippen molar-refractivity contribution in [2.75, 3.05) is 16.8 Å². The number of hydrogen-bond donors (Lipinski definition) is 2. The minimum Gasteiger partial charge on any atom is -0.325 e. The molecule has 1 aromatic carbocycles. The molecule has 1 aromatic heterocycles. The number of rotatable bonds is 7. The Hall–Kier alpha value is -2.78. The van der Waals surface area contributed by atoms with Gasteiger partial charge in [0.25, 0.3) is 0 Å². The standard InChI is InChI=1S/C21H24N4O4S/c1-14-11-16-12-18(6-7-19(16)25(14)21(27)15-4-5-15)30(28,29)23-10-8-20(26)24-17-3-2-9-22-13-17/h2-3,6-7,9,12-15,23H,4-5,8,10-11H2,1H3,(H,24,26). The van der Waals surface area contributed by atoms with Crippen LogP contribution in [0.5, 0.6) is 0 Å². The van der Waals surface area contributed by atoms with Crippen LogP contribution >= 0.6 is 0 Å². The van der Waals surface area contributed by atoms with Crippen LogP contribution in [0.25, 0.3) is 0 Å². The molecule has 0 saturated heterocycles. The first-order valence-electron chi connectivity index (χ1n) is 10.0. The van der Waals surface area contributed by atoms with Crippen molar-refractivity contribution in [2.24, 2.45) is 5.92 Å². The molecule has 0 radical (unpaired) electrons. The van der Waals surface area contributed by atoms with E-state index in [9.17, 15) is 18.0 Å². The number of nitrogens with one attached hydrogen (secondary N) is 2. The van der Waals surface area contributed by atoms with Gasteiger partial charge in [-0.3, -0.25) is 14.6 Å². The van der Waals surface area contributed by atoms with Crippen molar-refractivity contribution in [3.8, 4) is 0 Å². The first-order valence-corrected chi connectivity index (χ1v) is 11.5. The zero-order valence-electron chi connectivity index (χ0n) is 16.7. The maximum Gasteiger partial charge on any atom is 0.240 e. The second-order valence-electron chi connectivity index (χ2n) is 7.76. The summed E-state index contributed by atoms with van der Waals surface area (Å²) in [6.07, 6.45) is 5.61. The van der Waals surface area contributed by atoms with Crippen LogP contribution in [0.2, 0.25) is 0 Å². The fourth-order valence-corrected chi connectivity index (χ4v) is 4.76. The highest BCUT2D eigenvalue weighted by molar-refractivity contribution is 7.89. The summed E-state index contributed by atoms with van der Waals surface area (Å²) in [6, 6.07) is 8.29. The Morgan fingerprint density at radius 3 is 2.73 bits per heavy atom. The van der Waals surface area contributed by atoms with E-state index in [2.05, 4.69) is 15.0 Å². The molecule has 1 aliphatic carbocycles. The van der Waals surface area contributed by atoms with Crippen molar-refractivity contribution in [3.63, 3.8) is 0 Å². The van der Waals surface area contributed by atoms with Gasteiger partial charge in [-0.2, -0.15) is 0 Å². The predicted molar refractivity (Wildman–Crippen MR) is 112 cm³/mol. The molecule has 1 fully saturated rings. The summed E-state index contributed by atoms with van der Waals surface area (Å²) in [7, 11) is -3.76. The molecular formula is C21H24N4O4S. The lowest BCUT2D eigenvalue weighted by Crippen LogP contribution is -2.36. The molecule has 30 heavy (non-hydrogen) atoms. The first kappa shape index (κ1) is 20.5. The number of benzene rings is 1. The minimum absolute atomic E-state index is 0.000231. The molecule has 2 aliphatic rings. The Labute approximate surface area is 175 Å². The molecule has 1 saturated carbocycles. The van der Waals surface area contributed by atoms with Gasteiger partial charge in [-0.05, 0) is 62.1 Å². The molecule has 9 heteroatoms. The van der Waals surface area contributed by atoms with Crippen LogP contribution in [0.15, 0.2) is 47.6 Å². The van der Waals surface area contributed by atoms with Gasteiger partial charge in [0.1, 0.15) is 0 Å². The Morgan fingerprint density at radius 2 is 2.03 bits per heavy atom. The number of nitrogens with zero attached hydrogens (tertiary/aromatic N) is 2. The minimum atomic E-state index is -3.76. The highest BCUT2D eigenvalue weighted by atomic mass is 32.2. The number of hydrogen-bond acceptors (Lipinski definition) is 5. The lowest BCUT2D eigenvalue weighted by atomic mass is 10.1. The van der Waals surface area contributed by atoms with E-state index in [1.54, 1.807) is 35.4 Å². The molecule has 2 heterocycles. The van der Waals surface area contributed by atoms with Crippen molar-refractivity contribution >= 4 is 33.2 Å². The van der Waals surface area contributed by atoms with Crippen molar-refractivity contribution in [1.29, 1.82) is 0 Å². The average Bonchev–Trinajstić information content (AvgIpc) is 3.50. The quantitative estimate of drug-likeness (QED) is 0.702. The van der Waals surface area contributed by atoms with E-state index in [1.807, 2.05) is 6.92 Å². The lowest BCUT2D eigenvalue weighted by Gasteiger charge is -2.22. The smallest absolute Gasteiger partial charge is 0.240 e. The molecule has 2 aromatic rings. The number of aromatic nitrogens is 1. The van der Waals surface area contributed by atoms with Crippen molar-refractivity contribution in [1.82, 2.24) is 9.71 Å². The van der Waals surface area contributed by atoms with Crippen LogP contribution in [0.4, 0.5) is 11.4 Å². The zero-order valence-corrected chi connectivity index (χ0v) is 17.5. The fraction of sp³-hybridized carbons (Fsp3) is 0.381. The molecule has 1 unspecified atom stereocenters. The molecule has 1 aliphatic heterocycles. The topological polar surface area (TPSA) is 108 Å². The van der Waals surface area contributed by atoms with Gasteiger partial charge in [0.05, 0.1) is 16.8 Å². The van der Waals surface area contributed by atoms with Crippen LogP contribution in [-0.4, -0.2) is 37.8 Å². The Balaban J connectivity index is 1.38. The number of anilines is 2. The van der Waals surface area contributed by atoms with Gasteiger partial charge in [0.15, 0.2) is 0 Å². The summed E-state index contributed by atoms with van der Waals surface area (Å²) in [5.74, 6) is -0.0568. The normalized spacial score (nSPS) is 18.2. The summed E-state index contributed by atoms with van der Waals surface area (Å²) < 4.78 is 27.8. The van der Waals surface area contributed by atoms with Crippen molar-refractivity contribution in [2.45, 2.75) is 43.5 Å². The third kappa shape index (κ3) is 4.36. The molecule has 2 amide bonds. The first-order chi connectivity index (χ1) is 14.3. The van der Waals surface area contributed by atoms with Gasteiger partial charge in [0, 0.05) is 36.8 Å². The number of carbonyl (C=O) groups excluding carboxylic acids is 2.